The predicted molar refractivity (Wildman–Crippen MR) is 109 cm³/mol. The van der Waals surface area contributed by atoms with E-state index in [1.54, 1.807) is 31.4 Å². The molecule has 2 aromatic rings. The van der Waals surface area contributed by atoms with E-state index in [1.165, 1.54) is 6.26 Å². The first-order valence-electron chi connectivity index (χ1n) is 9.56. The number of esters is 1. The molecule has 29 heavy (non-hydrogen) atoms. The second kappa shape index (κ2) is 8.29. The Hall–Kier alpha value is -2.79. The van der Waals surface area contributed by atoms with Crippen LogP contribution in [0.15, 0.2) is 54.8 Å². The molecular formula is C23H21ClO5. The number of hydrogen-bond acceptors (Lipinski definition) is 5. The van der Waals surface area contributed by atoms with Crippen molar-refractivity contribution in [3.05, 3.63) is 70.9 Å². The van der Waals surface area contributed by atoms with Gasteiger partial charge in [0.15, 0.2) is 5.78 Å². The number of halogens is 1. The fraction of sp³-hybridized carbons (Fsp3) is 0.304. The highest BCUT2D eigenvalue weighted by Gasteiger charge is 2.41. The van der Waals surface area contributed by atoms with Crippen molar-refractivity contribution < 1.29 is 23.8 Å². The molecule has 3 unspecified atom stereocenters. The molecule has 3 atom stereocenters. The van der Waals surface area contributed by atoms with Crippen LogP contribution >= 0.6 is 11.6 Å². The molecule has 6 heteroatoms. The number of hydrogen-bond donors (Lipinski definition) is 0. The standard InChI is InChI=1S/C23H21ClO5/c1-27-20-8-3-2-7-17(20)19-13-28-21-12-16(9-10-18(21)22(19)25)29-23(26)14-5-4-6-15(24)11-14/h2-8,11,13,16,18,21H,9-10,12H2,1H3. The summed E-state index contributed by atoms with van der Waals surface area (Å²) >= 11 is 5.94. The summed E-state index contributed by atoms with van der Waals surface area (Å²) in [6, 6.07) is 14.1. The van der Waals surface area contributed by atoms with Gasteiger partial charge in [-0.25, -0.2) is 4.79 Å². The van der Waals surface area contributed by atoms with Gasteiger partial charge >= 0.3 is 5.97 Å². The highest BCUT2D eigenvalue weighted by Crippen LogP contribution is 2.39. The van der Waals surface area contributed by atoms with Gasteiger partial charge in [-0.2, -0.15) is 0 Å². The third-order valence-electron chi connectivity index (χ3n) is 5.44. The van der Waals surface area contributed by atoms with Crippen LogP contribution in [-0.2, 0) is 14.3 Å². The smallest absolute Gasteiger partial charge is 0.338 e. The van der Waals surface area contributed by atoms with Crippen molar-refractivity contribution in [2.75, 3.05) is 7.11 Å². The number of fused-ring (bicyclic) bond motifs is 1. The molecular weight excluding hydrogens is 392 g/mol. The van der Waals surface area contributed by atoms with Crippen molar-refractivity contribution in [1.82, 2.24) is 0 Å². The number of para-hydroxylation sites is 1. The summed E-state index contributed by atoms with van der Waals surface area (Å²) in [5.74, 6) is 0.0213. The summed E-state index contributed by atoms with van der Waals surface area (Å²) in [6.07, 6.45) is 2.62. The lowest BCUT2D eigenvalue weighted by atomic mass is 9.77. The Bertz CT molecular complexity index is 967. The lowest BCUT2D eigenvalue weighted by Crippen LogP contribution is -2.42. The molecule has 150 valence electrons. The van der Waals surface area contributed by atoms with Crippen LogP contribution in [0.2, 0.25) is 5.02 Å². The van der Waals surface area contributed by atoms with E-state index in [1.807, 2.05) is 24.3 Å². The molecule has 5 nitrogen and oxygen atoms in total. The van der Waals surface area contributed by atoms with Gasteiger partial charge in [0.1, 0.15) is 18.0 Å². The Morgan fingerprint density at radius 1 is 1.14 bits per heavy atom. The molecule has 0 amide bonds. The molecule has 1 heterocycles. The maximum Gasteiger partial charge on any atom is 0.338 e. The van der Waals surface area contributed by atoms with Crippen LogP contribution < -0.4 is 4.74 Å². The first-order chi connectivity index (χ1) is 14.1. The van der Waals surface area contributed by atoms with E-state index in [4.69, 9.17) is 25.8 Å². The number of ketones is 1. The highest BCUT2D eigenvalue weighted by atomic mass is 35.5. The van der Waals surface area contributed by atoms with Crippen molar-refractivity contribution in [2.45, 2.75) is 31.5 Å². The van der Waals surface area contributed by atoms with E-state index in [0.717, 1.165) is 5.56 Å². The van der Waals surface area contributed by atoms with Crippen LogP contribution in [0.25, 0.3) is 5.57 Å². The highest BCUT2D eigenvalue weighted by molar-refractivity contribution is 6.30. The third-order valence-corrected chi connectivity index (χ3v) is 5.67. The van der Waals surface area contributed by atoms with Gasteiger partial charge in [0.25, 0.3) is 0 Å². The van der Waals surface area contributed by atoms with Gasteiger partial charge in [0.2, 0.25) is 0 Å². The minimum absolute atomic E-state index is 0.0466. The summed E-state index contributed by atoms with van der Waals surface area (Å²) in [5, 5.41) is 0.485. The van der Waals surface area contributed by atoms with Crippen molar-refractivity contribution >= 4 is 28.9 Å². The quantitative estimate of drug-likeness (QED) is 0.682. The lowest BCUT2D eigenvalue weighted by molar-refractivity contribution is -0.126. The van der Waals surface area contributed by atoms with Crippen molar-refractivity contribution in [1.29, 1.82) is 0 Å². The Balaban J connectivity index is 1.46. The molecule has 1 saturated carbocycles. The van der Waals surface area contributed by atoms with Gasteiger partial charge in [-0.15, -0.1) is 0 Å². The number of ether oxygens (including phenoxy) is 3. The molecule has 4 rings (SSSR count). The van der Waals surface area contributed by atoms with E-state index in [9.17, 15) is 9.59 Å². The van der Waals surface area contributed by atoms with Gasteiger partial charge in [-0.1, -0.05) is 35.9 Å². The zero-order valence-corrected chi connectivity index (χ0v) is 16.7. The maximum atomic E-state index is 13.1. The summed E-state index contributed by atoms with van der Waals surface area (Å²) in [5.41, 5.74) is 1.67. The largest absolute Gasteiger partial charge is 0.496 e. The first kappa shape index (κ1) is 19.5. The van der Waals surface area contributed by atoms with Gasteiger partial charge in [0.05, 0.1) is 30.4 Å². The Labute approximate surface area is 174 Å². The number of benzene rings is 2. The minimum Gasteiger partial charge on any atom is -0.496 e. The molecule has 1 aliphatic heterocycles. The average molecular weight is 413 g/mol. The summed E-state index contributed by atoms with van der Waals surface area (Å²) in [7, 11) is 1.58. The molecule has 0 N–H and O–H groups in total. The zero-order chi connectivity index (χ0) is 20.4. The Morgan fingerprint density at radius 2 is 1.97 bits per heavy atom. The average Bonchev–Trinajstić information content (AvgIpc) is 2.74. The van der Waals surface area contributed by atoms with Crippen molar-refractivity contribution in [3.8, 4) is 5.75 Å². The first-order valence-corrected chi connectivity index (χ1v) is 9.94. The molecule has 0 spiro atoms. The molecule has 1 aliphatic carbocycles. The molecule has 2 aliphatic rings. The fourth-order valence-corrected chi connectivity index (χ4v) is 4.15. The number of carbonyl (C=O) groups excluding carboxylic acids is 2. The molecule has 0 radical (unpaired) electrons. The fourth-order valence-electron chi connectivity index (χ4n) is 3.96. The van der Waals surface area contributed by atoms with E-state index < -0.39 is 5.97 Å². The molecule has 1 fully saturated rings. The van der Waals surface area contributed by atoms with Crippen LogP contribution in [0.4, 0.5) is 0 Å². The van der Waals surface area contributed by atoms with Gasteiger partial charge < -0.3 is 14.2 Å². The summed E-state index contributed by atoms with van der Waals surface area (Å²) in [6.45, 7) is 0. The lowest BCUT2D eigenvalue weighted by Gasteiger charge is -2.37. The SMILES string of the molecule is COc1ccccc1C1=COC2CC(OC(=O)c3cccc(Cl)c3)CCC2C1=O. The maximum absolute atomic E-state index is 13.1. The van der Waals surface area contributed by atoms with Crippen molar-refractivity contribution in [3.63, 3.8) is 0 Å². The number of allylic oxidation sites excluding steroid dienone is 1. The van der Waals surface area contributed by atoms with E-state index in [-0.39, 0.29) is 23.9 Å². The monoisotopic (exact) mass is 412 g/mol. The zero-order valence-electron chi connectivity index (χ0n) is 16.0. The number of carbonyl (C=O) groups is 2. The molecule has 0 bridgehead atoms. The Kier molecular flexibility index (Phi) is 5.58. The van der Waals surface area contributed by atoms with E-state index in [2.05, 4.69) is 0 Å². The second-order valence-electron chi connectivity index (χ2n) is 7.23. The normalized spacial score (nSPS) is 23.4. The van der Waals surface area contributed by atoms with Crippen LogP contribution in [0.1, 0.15) is 35.2 Å². The summed E-state index contributed by atoms with van der Waals surface area (Å²) in [4.78, 5) is 25.5. The van der Waals surface area contributed by atoms with Crippen LogP contribution in [0, 0.1) is 5.92 Å². The number of Topliss-reactive ketones (excluding diaryl/α,β-unsaturated/α-hetero) is 1. The van der Waals surface area contributed by atoms with Crippen LogP contribution in [-0.4, -0.2) is 31.1 Å². The topological polar surface area (TPSA) is 61.8 Å². The summed E-state index contributed by atoms with van der Waals surface area (Å²) < 4.78 is 16.9. The third kappa shape index (κ3) is 4.01. The number of methoxy groups -OCH3 is 1. The van der Waals surface area contributed by atoms with Gasteiger partial charge in [-0.05, 0) is 37.1 Å². The molecule has 0 aromatic heterocycles. The second-order valence-corrected chi connectivity index (χ2v) is 7.66. The van der Waals surface area contributed by atoms with Gasteiger partial charge in [0, 0.05) is 17.0 Å². The van der Waals surface area contributed by atoms with E-state index >= 15 is 0 Å². The molecule has 0 saturated heterocycles. The minimum atomic E-state index is -0.414. The van der Waals surface area contributed by atoms with Crippen molar-refractivity contribution in [2.24, 2.45) is 5.92 Å². The van der Waals surface area contributed by atoms with Crippen LogP contribution in [0.5, 0.6) is 5.75 Å². The number of rotatable bonds is 4. The van der Waals surface area contributed by atoms with Crippen LogP contribution in [0.3, 0.4) is 0 Å². The van der Waals surface area contributed by atoms with Gasteiger partial charge in [-0.3, -0.25) is 4.79 Å². The molecule has 2 aromatic carbocycles. The predicted octanol–water partition coefficient (Wildman–Crippen LogP) is 4.68. The van der Waals surface area contributed by atoms with E-state index in [0.29, 0.717) is 41.2 Å². The Morgan fingerprint density at radius 3 is 2.76 bits per heavy atom.